The second-order valence-electron chi connectivity index (χ2n) is 5.44. The molecule has 7 heteroatoms. The number of fused-ring (bicyclic) bond motifs is 1. The van der Waals surface area contributed by atoms with Crippen LogP contribution < -0.4 is 5.32 Å². The van der Waals surface area contributed by atoms with Crippen molar-refractivity contribution in [2.24, 2.45) is 11.0 Å². The molecule has 2 fully saturated rings. The van der Waals surface area contributed by atoms with Gasteiger partial charge in [-0.25, -0.2) is 13.2 Å². The van der Waals surface area contributed by atoms with Gasteiger partial charge in [0.1, 0.15) is 18.4 Å². The fraction of sp³-hybridized carbons (Fsp3) is 0.833. The number of rotatable bonds is 4. The average Bonchev–Trinajstić information content (AvgIpc) is 3.05. The first-order valence-corrected chi connectivity index (χ1v) is 6.63. The van der Waals surface area contributed by atoms with Crippen molar-refractivity contribution >= 4 is 11.6 Å². The first-order valence-electron chi connectivity index (χ1n) is 6.63. The van der Waals surface area contributed by atoms with Crippen LogP contribution in [0.2, 0.25) is 0 Å². The van der Waals surface area contributed by atoms with Crippen LogP contribution in [-0.2, 0) is 4.79 Å². The molecule has 0 amide bonds. The SMILES string of the molecule is CCC(F)(F)[C@@H]1C[C@H](F)C2NC(C(=O)C3CC3)=NN21. The van der Waals surface area contributed by atoms with Gasteiger partial charge in [-0.1, -0.05) is 6.92 Å². The number of alkyl halides is 3. The van der Waals surface area contributed by atoms with Gasteiger partial charge in [0.2, 0.25) is 5.78 Å². The van der Waals surface area contributed by atoms with Crippen LogP contribution in [-0.4, -0.2) is 40.9 Å². The lowest BCUT2D eigenvalue weighted by molar-refractivity contribution is -0.114. The predicted octanol–water partition coefficient (Wildman–Crippen LogP) is 1.67. The van der Waals surface area contributed by atoms with Crippen molar-refractivity contribution in [3.63, 3.8) is 0 Å². The number of carbonyl (C=O) groups is 1. The number of hydrogen-bond donors (Lipinski definition) is 1. The Bertz CT molecular complexity index is 436. The van der Waals surface area contributed by atoms with Crippen LogP contribution in [0.15, 0.2) is 5.10 Å². The fourth-order valence-corrected chi connectivity index (χ4v) is 2.64. The third kappa shape index (κ3) is 1.99. The molecule has 0 radical (unpaired) electrons. The second kappa shape index (κ2) is 4.11. The minimum absolute atomic E-state index is 0.0479. The monoisotopic (exact) mass is 275 g/mol. The quantitative estimate of drug-likeness (QED) is 0.848. The number of Topliss-reactive ketones (excluding diaryl/α,β-unsaturated/α-hetero) is 1. The minimum Gasteiger partial charge on any atom is -0.342 e. The summed E-state index contributed by atoms with van der Waals surface area (Å²) in [5.41, 5.74) is 0. The molecule has 1 N–H and O–H groups in total. The second-order valence-corrected chi connectivity index (χ2v) is 5.44. The molecule has 3 aliphatic rings. The summed E-state index contributed by atoms with van der Waals surface area (Å²) in [6, 6.07) is -1.27. The summed E-state index contributed by atoms with van der Waals surface area (Å²) in [7, 11) is 0. The highest BCUT2D eigenvalue weighted by atomic mass is 19.3. The van der Waals surface area contributed by atoms with E-state index in [0.29, 0.717) is 0 Å². The Morgan fingerprint density at radius 3 is 2.79 bits per heavy atom. The zero-order chi connectivity index (χ0) is 13.8. The molecular formula is C12H16F3N3O. The fourth-order valence-electron chi connectivity index (χ4n) is 2.64. The molecule has 2 aliphatic heterocycles. The van der Waals surface area contributed by atoms with E-state index in [1.807, 2.05) is 0 Å². The molecule has 1 saturated carbocycles. The first-order chi connectivity index (χ1) is 8.94. The third-order valence-corrected chi connectivity index (χ3v) is 4.04. The predicted molar refractivity (Wildman–Crippen MR) is 62.5 cm³/mol. The number of hydrogen-bond acceptors (Lipinski definition) is 4. The molecule has 4 nitrogen and oxygen atoms in total. The van der Waals surface area contributed by atoms with Crippen LogP contribution in [0.3, 0.4) is 0 Å². The molecule has 3 atom stereocenters. The molecule has 0 aromatic rings. The van der Waals surface area contributed by atoms with Crippen LogP contribution in [0.25, 0.3) is 0 Å². The van der Waals surface area contributed by atoms with Gasteiger partial charge in [0.15, 0.2) is 5.84 Å². The Morgan fingerprint density at radius 1 is 1.53 bits per heavy atom. The largest absolute Gasteiger partial charge is 0.342 e. The lowest BCUT2D eigenvalue weighted by atomic mass is 10.1. The highest BCUT2D eigenvalue weighted by Gasteiger charge is 2.55. The van der Waals surface area contributed by atoms with Gasteiger partial charge in [-0.15, -0.1) is 0 Å². The number of ketones is 1. The summed E-state index contributed by atoms with van der Waals surface area (Å²) in [5.74, 6) is -3.19. The van der Waals surface area contributed by atoms with Gasteiger partial charge >= 0.3 is 0 Å². The molecule has 1 saturated heterocycles. The maximum absolute atomic E-state index is 13.8. The lowest BCUT2D eigenvalue weighted by Crippen LogP contribution is -2.45. The summed E-state index contributed by atoms with van der Waals surface area (Å²) < 4.78 is 41.4. The first kappa shape index (κ1) is 12.7. The number of halogens is 3. The van der Waals surface area contributed by atoms with Gasteiger partial charge in [-0.05, 0) is 12.8 Å². The van der Waals surface area contributed by atoms with E-state index in [-0.39, 0.29) is 30.4 Å². The Balaban J connectivity index is 1.82. The number of nitrogens with one attached hydrogen (secondary N) is 1. The summed E-state index contributed by atoms with van der Waals surface area (Å²) in [6.45, 7) is 1.37. The molecule has 0 spiro atoms. The van der Waals surface area contributed by atoms with Crippen LogP contribution in [0.4, 0.5) is 13.2 Å². The average molecular weight is 275 g/mol. The normalized spacial score (nSPS) is 34.0. The van der Waals surface area contributed by atoms with Crippen molar-refractivity contribution in [3.8, 4) is 0 Å². The van der Waals surface area contributed by atoms with E-state index in [9.17, 15) is 18.0 Å². The highest BCUT2D eigenvalue weighted by Crippen LogP contribution is 2.40. The van der Waals surface area contributed by atoms with Crippen molar-refractivity contribution in [1.29, 1.82) is 0 Å². The van der Waals surface area contributed by atoms with Gasteiger partial charge in [0.05, 0.1) is 0 Å². The molecular weight excluding hydrogens is 259 g/mol. The van der Waals surface area contributed by atoms with E-state index < -0.39 is 24.3 Å². The highest BCUT2D eigenvalue weighted by molar-refractivity contribution is 6.40. The van der Waals surface area contributed by atoms with E-state index >= 15 is 0 Å². The molecule has 3 rings (SSSR count). The van der Waals surface area contributed by atoms with Gasteiger partial charge in [-0.3, -0.25) is 9.80 Å². The summed E-state index contributed by atoms with van der Waals surface area (Å²) in [5, 5.41) is 7.65. The Morgan fingerprint density at radius 2 is 2.21 bits per heavy atom. The minimum atomic E-state index is -3.00. The number of amidine groups is 1. The van der Waals surface area contributed by atoms with Crippen molar-refractivity contribution in [3.05, 3.63) is 0 Å². The maximum Gasteiger partial charge on any atom is 0.269 e. The molecule has 106 valence electrons. The van der Waals surface area contributed by atoms with E-state index in [1.54, 1.807) is 0 Å². The van der Waals surface area contributed by atoms with Crippen LogP contribution in [0.5, 0.6) is 0 Å². The van der Waals surface area contributed by atoms with Crippen molar-refractivity contribution in [2.75, 3.05) is 0 Å². The topological polar surface area (TPSA) is 44.7 Å². The van der Waals surface area contributed by atoms with Crippen molar-refractivity contribution < 1.29 is 18.0 Å². The molecule has 0 aromatic carbocycles. The van der Waals surface area contributed by atoms with Crippen molar-refractivity contribution in [2.45, 2.75) is 56.9 Å². The molecule has 1 unspecified atom stereocenters. The standard InChI is InChI=1S/C12H16F3N3O/c1-2-12(14,15)8-5-7(13)11-16-10(17-18(8)11)9(19)6-3-4-6/h6-8,11H,2-5H2,1H3,(H,16,17)/t7-,8-,11?/m0/s1. The van der Waals surface area contributed by atoms with E-state index in [4.69, 9.17) is 0 Å². The maximum atomic E-state index is 13.8. The third-order valence-electron chi connectivity index (χ3n) is 4.04. The summed E-state index contributed by atoms with van der Waals surface area (Å²) in [6.07, 6.45) is -1.37. The van der Waals surface area contributed by atoms with Gasteiger partial charge in [-0.2, -0.15) is 5.10 Å². The summed E-state index contributed by atoms with van der Waals surface area (Å²) >= 11 is 0. The smallest absolute Gasteiger partial charge is 0.269 e. The van der Waals surface area contributed by atoms with E-state index in [0.717, 1.165) is 17.9 Å². The molecule has 0 aromatic heterocycles. The Labute approximate surface area is 109 Å². The zero-order valence-corrected chi connectivity index (χ0v) is 10.6. The Hall–Kier alpha value is -1.27. The van der Waals surface area contributed by atoms with Crippen LogP contribution >= 0.6 is 0 Å². The zero-order valence-electron chi connectivity index (χ0n) is 10.6. The number of carbonyl (C=O) groups excluding carboxylic acids is 1. The molecule has 1 aliphatic carbocycles. The van der Waals surface area contributed by atoms with Gasteiger partial charge in [0.25, 0.3) is 5.92 Å². The van der Waals surface area contributed by atoms with Gasteiger partial charge in [0, 0.05) is 18.8 Å². The number of hydrazone groups is 1. The Kier molecular flexibility index (Phi) is 2.76. The van der Waals surface area contributed by atoms with Gasteiger partial charge < -0.3 is 5.32 Å². The van der Waals surface area contributed by atoms with E-state index in [1.165, 1.54) is 6.92 Å². The van der Waals surface area contributed by atoms with Crippen LogP contribution in [0, 0.1) is 5.92 Å². The van der Waals surface area contributed by atoms with Crippen LogP contribution in [0.1, 0.15) is 32.6 Å². The molecule has 0 bridgehead atoms. The number of nitrogens with zero attached hydrogens (tertiary/aromatic N) is 2. The molecule has 2 heterocycles. The van der Waals surface area contributed by atoms with E-state index in [2.05, 4.69) is 10.4 Å². The molecule has 19 heavy (non-hydrogen) atoms. The lowest BCUT2D eigenvalue weighted by Gasteiger charge is -2.27. The van der Waals surface area contributed by atoms with Crippen molar-refractivity contribution in [1.82, 2.24) is 10.3 Å². The summed E-state index contributed by atoms with van der Waals surface area (Å²) in [4.78, 5) is 11.8.